The number of hydrogen-bond donors (Lipinski definition) is 1. The number of anilines is 1. The lowest BCUT2D eigenvalue weighted by Gasteiger charge is -2.26. The summed E-state index contributed by atoms with van der Waals surface area (Å²) in [6, 6.07) is 12.7. The summed E-state index contributed by atoms with van der Waals surface area (Å²) in [6.45, 7) is 4.39. The summed E-state index contributed by atoms with van der Waals surface area (Å²) in [4.78, 5) is 38.4. The molecule has 31 heavy (non-hydrogen) atoms. The van der Waals surface area contributed by atoms with E-state index >= 15 is 0 Å². The summed E-state index contributed by atoms with van der Waals surface area (Å²) in [5.74, 6) is -0.926. The van der Waals surface area contributed by atoms with Crippen molar-refractivity contribution in [3.63, 3.8) is 0 Å². The number of hydrogen-bond acceptors (Lipinski definition) is 6. The van der Waals surface area contributed by atoms with Crippen LogP contribution in [0.3, 0.4) is 0 Å². The van der Waals surface area contributed by atoms with Gasteiger partial charge in [-0.1, -0.05) is 25.5 Å². The van der Waals surface area contributed by atoms with Gasteiger partial charge in [-0.15, -0.1) is 0 Å². The quantitative estimate of drug-likeness (QED) is 0.389. The molecule has 1 aliphatic heterocycles. The third-order valence-electron chi connectivity index (χ3n) is 5.19. The molecule has 0 saturated carbocycles. The van der Waals surface area contributed by atoms with Gasteiger partial charge in [-0.05, 0) is 48.7 Å². The van der Waals surface area contributed by atoms with Gasteiger partial charge in [-0.3, -0.25) is 14.9 Å². The molecule has 1 aliphatic rings. The van der Waals surface area contributed by atoms with Crippen LogP contribution in [0, 0.1) is 17.0 Å². The van der Waals surface area contributed by atoms with E-state index in [0.717, 1.165) is 18.4 Å². The van der Waals surface area contributed by atoms with Crippen LogP contribution < -0.4 is 5.32 Å². The summed E-state index contributed by atoms with van der Waals surface area (Å²) in [5, 5.41) is 14.2. The Kier molecular flexibility index (Phi) is 6.69. The van der Waals surface area contributed by atoms with Crippen molar-refractivity contribution in [3.8, 4) is 0 Å². The molecule has 3 rings (SSSR count). The van der Waals surface area contributed by atoms with Crippen molar-refractivity contribution < 1.29 is 19.2 Å². The van der Waals surface area contributed by atoms with E-state index in [0.29, 0.717) is 17.8 Å². The predicted octanol–water partition coefficient (Wildman–Crippen LogP) is 4.13. The molecular formula is C23H25N3O5. The standard InChI is InChI=1S/C23H25N3O5/c1-4-5-13-25-21(16-9-11-18(12-10-16)26(29)30)19(23(28)31-3)20(22(25)27)24-17-8-6-7-15(2)14-17/h6-12,14,21,24H,4-5,13H2,1-3H3. The molecule has 0 aliphatic carbocycles. The van der Waals surface area contributed by atoms with Crippen LogP contribution in [0.1, 0.15) is 36.9 Å². The molecule has 2 aromatic rings. The molecule has 0 bridgehead atoms. The van der Waals surface area contributed by atoms with Gasteiger partial charge < -0.3 is 15.0 Å². The van der Waals surface area contributed by atoms with Gasteiger partial charge in [-0.25, -0.2) is 4.79 Å². The van der Waals surface area contributed by atoms with Crippen molar-refractivity contribution in [2.24, 2.45) is 0 Å². The summed E-state index contributed by atoms with van der Waals surface area (Å²) in [5.41, 5.74) is 2.59. The number of unbranched alkanes of at least 4 members (excludes halogenated alkanes) is 1. The first-order chi connectivity index (χ1) is 14.9. The lowest BCUT2D eigenvalue weighted by atomic mass is 9.98. The number of rotatable bonds is 8. The number of benzene rings is 2. The SMILES string of the molecule is CCCCN1C(=O)C(Nc2cccc(C)c2)=C(C(=O)OC)C1c1ccc([N+](=O)[O-])cc1. The molecule has 162 valence electrons. The number of amides is 1. The predicted molar refractivity (Wildman–Crippen MR) is 116 cm³/mol. The minimum Gasteiger partial charge on any atom is -0.466 e. The molecule has 1 atom stereocenters. The highest BCUT2D eigenvalue weighted by molar-refractivity contribution is 6.09. The number of ether oxygens (including phenoxy) is 1. The van der Waals surface area contributed by atoms with E-state index in [-0.39, 0.29) is 22.9 Å². The number of nitrogens with one attached hydrogen (secondary N) is 1. The summed E-state index contributed by atoms with van der Waals surface area (Å²) < 4.78 is 5.02. The van der Waals surface area contributed by atoms with Crippen LogP contribution in [0.25, 0.3) is 0 Å². The van der Waals surface area contributed by atoms with Crippen LogP contribution in [-0.4, -0.2) is 35.4 Å². The molecule has 2 aromatic carbocycles. The summed E-state index contributed by atoms with van der Waals surface area (Å²) in [6.07, 6.45) is 1.62. The van der Waals surface area contributed by atoms with Crippen LogP contribution in [0.15, 0.2) is 59.8 Å². The number of carbonyl (C=O) groups is 2. The molecule has 8 heteroatoms. The van der Waals surface area contributed by atoms with Gasteiger partial charge in [-0.2, -0.15) is 0 Å². The lowest BCUT2D eigenvalue weighted by molar-refractivity contribution is -0.384. The van der Waals surface area contributed by atoms with Crippen molar-refractivity contribution in [3.05, 3.63) is 81.0 Å². The summed E-state index contributed by atoms with van der Waals surface area (Å²) in [7, 11) is 1.27. The number of nitro groups is 1. The Morgan fingerprint density at radius 1 is 1.23 bits per heavy atom. The van der Waals surface area contributed by atoms with Crippen molar-refractivity contribution in [1.82, 2.24) is 4.90 Å². The molecule has 1 heterocycles. The van der Waals surface area contributed by atoms with E-state index in [4.69, 9.17) is 4.74 Å². The zero-order chi connectivity index (χ0) is 22.5. The monoisotopic (exact) mass is 423 g/mol. The lowest BCUT2D eigenvalue weighted by Crippen LogP contribution is -2.32. The van der Waals surface area contributed by atoms with E-state index in [1.54, 1.807) is 17.0 Å². The number of carbonyl (C=O) groups excluding carboxylic acids is 2. The zero-order valence-electron chi connectivity index (χ0n) is 17.8. The second-order valence-electron chi connectivity index (χ2n) is 7.38. The van der Waals surface area contributed by atoms with Crippen LogP contribution in [0.5, 0.6) is 0 Å². The van der Waals surface area contributed by atoms with Crippen LogP contribution in [-0.2, 0) is 14.3 Å². The minimum atomic E-state index is -0.695. The number of aryl methyl sites for hydroxylation is 1. The van der Waals surface area contributed by atoms with E-state index in [1.165, 1.54) is 19.2 Å². The molecule has 8 nitrogen and oxygen atoms in total. The second kappa shape index (κ2) is 9.42. The number of methoxy groups -OCH3 is 1. The van der Waals surface area contributed by atoms with Gasteiger partial charge in [0, 0.05) is 24.4 Å². The second-order valence-corrected chi connectivity index (χ2v) is 7.38. The molecule has 1 amide bonds. The third kappa shape index (κ3) is 4.58. The Morgan fingerprint density at radius 2 is 1.94 bits per heavy atom. The Bertz CT molecular complexity index is 1030. The molecule has 0 saturated heterocycles. The van der Waals surface area contributed by atoms with Gasteiger partial charge >= 0.3 is 5.97 Å². The van der Waals surface area contributed by atoms with E-state index < -0.39 is 16.9 Å². The normalized spacial score (nSPS) is 15.9. The fourth-order valence-electron chi connectivity index (χ4n) is 3.66. The van der Waals surface area contributed by atoms with Crippen LogP contribution in [0.2, 0.25) is 0 Å². The van der Waals surface area contributed by atoms with Crippen LogP contribution in [0.4, 0.5) is 11.4 Å². The Labute approximate surface area is 180 Å². The first-order valence-corrected chi connectivity index (χ1v) is 10.1. The van der Waals surface area contributed by atoms with Gasteiger partial charge in [0.25, 0.3) is 11.6 Å². The topological polar surface area (TPSA) is 102 Å². The number of esters is 1. The van der Waals surface area contributed by atoms with Gasteiger partial charge in [0.2, 0.25) is 0 Å². The number of nitrogens with zero attached hydrogens (tertiary/aromatic N) is 2. The highest BCUT2D eigenvalue weighted by Gasteiger charge is 2.43. The number of non-ortho nitro benzene ring substituents is 1. The van der Waals surface area contributed by atoms with Crippen molar-refractivity contribution >= 4 is 23.3 Å². The first kappa shape index (κ1) is 22.0. The third-order valence-corrected chi connectivity index (χ3v) is 5.19. The van der Waals surface area contributed by atoms with Gasteiger partial charge in [0.1, 0.15) is 5.70 Å². The molecule has 0 fully saturated rings. The van der Waals surface area contributed by atoms with E-state index in [1.807, 2.05) is 38.1 Å². The largest absolute Gasteiger partial charge is 0.466 e. The highest BCUT2D eigenvalue weighted by atomic mass is 16.6. The smallest absolute Gasteiger partial charge is 0.338 e. The van der Waals surface area contributed by atoms with E-state index in [9.17, 15) is 19.7 Å². The fourth-order valence-corrected chi connectivity index (χ4v) is 3.66. The maximum absolute atomic E-state index is 13.4. The van der Waals surface area contributed by atoms with Crippen molar-refractivity contribution in [2.75, 3.05) is 19.0 Å². The average molecular weight is 423 g/mol. The molecule has 0 spiro atoms. The Morgan fingerprint density at radius 3 is 2.52 bits per heavy atom. The molecule has 1 N–H and O–H groups in total. The zero-order valence-corrected chi connectivity index (χ0v) is 17.8. The fraction of sp³-hybridized carbons (Fsp3) is 0.304. The van der Waals surface area contributed by atoms with Crippen molar-refractivity contribution in [2.45, 2.75) is 32.7 Å². The number of nitro benzene ring substituents is 1. The maximum Gasteiger partial charge on any atom is 0.338 e. The maximum atomic E-state index is 13.4. The Balaban J connectivity index is 2.11. The highest BCUT2D eigenvalue weighted by Crippen LogP contribution is 2.39. The first-order valence-electron chi connectivity index (χ1n) is 10.1. The van der Waals surface area contributed by atoms with Gasteiger partial charge in [0.05, 0.1) is 23.6 Å². The van der Waals surface area contributed by atoms with Gasteiger partial charge in [0.15, 0.2) is 0 Å². The van der Waals surface area contributed by atoms with E-state index in [2.05, 4.69) is 5.32 Å². The molecular weight excluding hydrogens is 398 g/mol. The van der Waals surface area contributed by atoms with Crippen LogP contribution >= 0.6 is 0 Å². The minimum absolute atomic E-state index is 0.0603. The molecule has 0 aromatic heterocycles. The summed E-state index contributed by atoms with van der Waals surface area (Å²) >= 11 is 0. The average Bonchev–Trinajstić information content (AvgIpc) is 3.03. The molecule has 1 unspecified atom stereocenters. The Hall–Kier alpha value is -3.68. The van der Waals surface area contributed by atoms with Crippen molar-refractivity contribution in [1.29, 1.82) is 0 Å². The molecule has 0 radical (unpaired) electrons.